The number of carbonyl (C=O) groups is 1. The van der Waals surface area contributed by atoms with Gasteiger partial charge in [-0.25, -0.2) is 24.9 Å². The van der Waals surface area contributed by atoms with Gasteiger partial charge >= 0.3 is 0 Å². The average molecular weight is 589 g/mol. The van der Waals surface area contributed by atoms with E-state index in [0.29, 0.717) is 31.2 Å². The molecule has 1 saturated carbocycles. The molecule has 0 atom stereocenters. The Morgan fingerprint density at radius 2 is 1.71 bits per heavy atom. The maximum atomic E-state index is 11.7. The number of aromatic nitrogens is 6. The molecular formula is C25H36N10O5S. The topological polar surface area (TPSA) is 209 Å². The van der Waals surface area contributed by atoms with Gasteiger partial charge in [-0.15, -0.1) is 0 Å². The molecule has 0 aromatic carbocycles. The Balaban J connectivity index is 0.000000623. The minimum Gasteiger partial charge on any atom is -0.378 e. The second kappa shape index (κ2) is 11.7. The maximum absolute atomic E-state index is 11.7. The van der Waals surface area contributed by atoms with Crippen LogP contribution in [0.5, 0.6) is 0 Å². The van der Waals surface area contributed by atoms with Crippen molar-refractivity contribution in [3.63, 3.8) is 0 Å². The Labute approximate surface area is 238 Å². The summed E-state index contributed by atoms with van der Waals surface area (Å²) in [5.41, 5.74) is 14.5. The largest absolute Gasteiger partial charge is 0.378 e. The van der Waals surface area contributed by atoms with Gasteiger partial charge in [-0.3, -0.25) is 13.9 Å². The number of aryl methyl sites for hydroxylation is 1. The summed E-state index contributed by atoms with van der Waals surface area (Å²) in [5.74, 6) is 2.82. The van der Waals surface area contributed by atoms with Crippen LogP contribution in [0, 0.1) is 18.8 Å². The van der Waals surface area contributed by atoms with Crippen LogP contribution in [0.4, 0.5) is 17.7 Å². The second-order valence-electron chi connectivity index (χ2n) is 10.7. The Morgan fingerprint density at radius 3 is 2.29 bits per heavy atom. The van der Waals surface area contributed by atoms with E-state index in [-0.39, 0.29) is 17.8 Å². The predicted molar refractivity (Wildman–Crippen MR) is 153 cm³/mol. The normalized spacial score (nSPS) is 18.3. The molecule has 222 valence electrons. The fourth-order valence-corrected chi connectivity index (χ4v) is 5.13. The number of imidazole rings is 1. The number of primary amides is 1. The van der Waals surface area contributed by atoms with Gasteiger partial charge < -0.3 is 26.0 Å². The second-order valence-corrected chi connectivity index (χ2v) is 12.2. The van der Waals surface area contributed by atoms with Crippen LogP contribution >= 0.6 is 0 Å². The van der Waals surface area contributed by atoms with Crippen LogP contribution in [0.15, 0.2) is 6.20 Å². The number of hydrogen-bond donors (Lipinski definition) is 3. The van der Waals surface area contributed by atoms with E-state index in [1.165, 1.54) is 12.8 Å². The summed E-state index contributed by atoms with van der Waals surface area (Å²) in [4.78, 5) is 40.0. The molecule has 0 bridgehead atoms. The van der Waals surface area contributed by atoms with Crippen LogP contribution in [0.25, 0.3) is 22.6 Å². The van der Waals surface area contributed by atoms with E-state index in [1.807, 2.05) is 6.92 Å². The number of hydrogen-bond acceptors (Lipinski definition) is 12. The first kappa shape index (κ1) is 28.9. The fraction of sp³-hybridized carbons (Fsp3) is 0.600. The van der Waals surface area contributed by atoms with Crippen LogP contribution in [0.2, 0.25) is 0 Å². The third-order valence-corrected chi connectivity index (χ3v) is 7.42. The fourth-order valence-electron chi connectivity index (χ4n) is 5.13. The average Bonchev–Trinajstić information content (AvgIpc) is 3.67. The maximum Gasteiger partial charge on any atom is 0.261 e. The van der Waals surface area contributed by atoms with Gasteiger partial charge in [0.1, 0.15) is 0 Å². The lowest BCUT2D eigenvalue weighted by Gasteiger charge is -2.31. The molecule has 16 heteroatoms. The van der Waals surface area contributed by atoms with Crippen LogP contribution in [0.3, 0.4) is 0 Å². The highest BCUT2D eigenvalue weighted by Gasteiger charge is 2.32. The van der Waals surface area contributed by atoms with Crippen LogP contribution < -0.4 is 21.3 Å². The number of anilines is 3. The number of ether oxygens (including phenoxy) is 1. The van der Waals surface area contributed by atoms with Gasteiger partial charge in [0.15, 0.2) is 22.8 Å². The van der Waals surface area contributed by atoms with Crippen molar-refractivity contribution in [2.24, 2.45) is 17.6 Å². The van der Waals surface area contributed by atoms with E-state index in [9.17, 15) is 13.2 Å². The zero-order valence-corrected chi connectivity index (χ0v) is 24.0. The molecule has 2 aliphatic heterocycles. The molecule has 0 radical (unpaired) electrons. The standard InChI is InChI=1S/C24H32N10O2.CH4O3S/c1-14-17(12-27-23(26)28-14)20-30-21(32-8-10-36-11-9-32)18-22(31-20)34(13-15-2-3-15)24(29-18)33-6-4-16(5-7-33)19(25)35;1-5(2,3)4/h12,15-16H,2-11,13H2,1H3,(H2,25,35)(H2,26,27,28);1H3,(H,2,3,4). The van der Waals surface area contributed by atoms with Crippen molar-refractivity contribution in [2.45, 2.75) is 39.2 Å². The molecule has 2 saturated heterocycles. The van der Waals surface area contributed by atoms with Gasteiger partial charge in [0, 0.05) is 44.8 Å². The van der Waals surface area contributed by atoms with Crippen LogP contribution in [-0.4, -0.2) is 94.0 Å². The highest BCUT2D eigenvalue weighted by atomic mass is 32.2. The molecule has 41 heavy (non-hydrogen) atoms. The van der Waals surface area contributed by atoms with Crippen molar-refractivity contribution in [3.8, 4) is 11.4 Å². The zero-order chi connectivity index (χ0) is 29.3. The van der Waals surface area contributed by atoms with Crippen molar-refractivity contribution in [1.82, 2.24) is 29.5 Å². The number of piperidine rings is 1. The predicted octanol–water partition coefficient (Wildman–Crippen LogP) is 0.626. The highest BCUT2D eigenvalue weighted by molar-refractivity contribution is 7.85. The summed E-state index contributed by atoms with van der Waals surface area (Å²) >= 11 is 0. The highest BCUT2D eigenvalue weighted by Crippen LogP contribution is 2.37. The summed E-state index contributed by atoms with van der Waals surface area (Å²) < 4.78 is 33.7. The van der Waals surface area contributed by atoms with E-state index >= 15 is 0 Å². The minimum absolute atomic E-state index is 0.0775. The summed E-state index contributed by atoms with van der Waals surface area (Å²) in [6, 6.07) is 0. The molecule has 3 aromatic heterocycles. The Hall–Kier alpha value is -3.63. The van der Waals surface area contributed by atoms with Crippen LogP contribution in [0.1, 0.15) is 31.4 Å². The van der Waals surface area contributed by atoms with Gasteiger partial charge in [-0.05, 0) is 38.5 Å². The number of carbonyl (C=O) groups excluding carboxylic acids is 1. The smallest absolute Gasteiger partial charge is 0.261 e. The molecule has 15 nitrogen and oxygen atoms in total. The molecule has 3 fully saturated rings. The van der Waals surface area contributed by atoms with E-state index in [2.05, 4.69) is 24.3 Å². The summed E-state index contributed by atoms with van der Waals surface area (Å²) in [6.07, 6.45) is 6.30. The molecular weight excluding hydrogens is 552 g/mol. The third kappa shape index (κ3) is 7.00. The molecule has 5 heterocycles. The lowest BCUT2D eigenvalue weighted by Crippen LogP contribution is -2.39. The molecule has 3 aromatic rings. The first-order valence-electron chi connectivity index (χ1n) is 13.6. The van der Waals surface area contributed by atoms with Crippen molar-refractivity contribution >= 4 is 44.9 Å². The Bertz CT molecular complexity index is 1520. The Kier molecular flexibility index (Phi) is 8.24. The van der Waals surface area contributed by atoms with Gasteiger partial charge in [0.2, 0.25) is 17.8 Å². The van der Waals surface area contributed by atoms with Gasteiger partial charge in [0.25, 0.3) is 10.1 Å². The number of nitrogens with zero attached hydrogens (tertiary/aromatic N) is 8. The lowest BCUT2D eigenvalue weighted by molar-refractivity contribution is -0.122. The van der Waals surface area contributed by atoms with Crippen LogP contribution in [-0.2, 0) is 26.2 Å². The number of rotatable bonds is 6. The number of nitrogen functional groups attached to an aromatic ring is 1. The summed E-state index contributed by atoms with van der Waals surface area (Å²) in [5, 5.41) is 0. The molecule has 0 unspecified atom stereocenters. The monoisotopic (exact) mass is 588 g/mol. The first-order chi connectivity index (χ1) is 19.5. The van der Waals surface area contributed by atoms with E-state index in [0.717, 1.165) is 79.8 Å². The Morgan fingerprint density at radius 1 is 1.05 bits per heavy atom. The van der Waals surface area contributed by atoms with E-state index in [4.69, 9.17) is 35.7 Å². The minimum atomic E-state index is -3.67. The summed E-state index contributed by atoms with van der Waals surface area (Å²) in [7, 11) is -3.67. The van der Waals surface area contributed by atoms with Gasteiger partial charge in [0.05, 0.1) is 30.7 Å². The molecule has 0 spiro atoms. The molecule has 5 N–H and O–H groups in total. The molecule has 3 aliphatic rings. The summed E-state index contributed by atoms with van der Waals surface area (Å²) in [6.45, 7) is 6.97. The number of fused-ring (bicyclic) bond motifs is 1. The molecule has 1 amide bonds. The van der Waals surface area contributed by atoms with Gasteiger partial charge in [-0.1, -0.05) is 0 Å². The number of nitrogens with two attached hydrogens (primary N) is 2. The molecule has 1 aliphatic carbocycles. The van der Waals surface area contributed by atoms with E-state index in [1.54, 1.807) is 6.20 Å². The van der Waals surface area contributed by atoms with Crippen molar-refractivity contribution < 1.29 is 22.5 Å². The van der Waals surface area contributed by atoms with E-state index < -0.39 is 10.1 Å². The lowest BCUT2D eigenvalue weighted by atomic mass is 9.96. The molecule has 6 rings (SSSR count). The number of amides is 1. The van der Waals surface area contributed by atoms with Crippen molar-refractivity contribution in [3.05, 3.63) is 11.9 Å². The zero-order valence-electron chi connectivity index (χ0n) is 23.2. The SMILES string of the molecule is CS(=O)(=O)O.Cc1nc(N)ncc1-c1nc(N2CCOCC2)c2nc(N3CCC(C(N)=O)CC3)n(CC3CC3)c2n1. The quantitative estimate of drug-likeness (QED) is 0.338. The number of morpholine rings is 1. The third-order valence-electron chi connectivity index (χ3n) is 7.42. The first-order valence-corrected chi connectivity index (χ1v) is 15.5. The van der Waals surface area contributed by atoms with Gasteiger partial charge in [-0.2, -0.15) is 8.42 Å². The van der Waals surface area contributed by atoms with Crippen molar-refractivity contribution in [1.29, 1.82) is 0 Å². The van der Waals surface area contributed by atoms with Crippen molar-refractivity contribution in [2.75, 3.05) is 61.2 Å².